The van der Waals surface area contributed by atoms with Crippen LogP contribution in [-0.2, 0) is 0 Å². The molecule has 0 aromatic heterocycles. The molecule has 0 heterocycles. The summed E-state index contributed by atoms with van der Waals surface area (Å²) in [7, 11) is 0. The Labute approximate surface area is 323 Å². The number of hydrogen-bond donors (Lipinski definition) is 0. The fourth-order valence-electron chi connectivity index (χ4n) is 4.43. The largest absolute Gasteiger partial charge is 0.311 e. The van der Waals surface area contributed by atoms with E-state index in [0.717, 1.165) is 0 Å². The van der Waals surface area contributed by atoms with E-state index in [-0.39, 0.29) is 4.90 Å². The molecule has 0 radical (unpaired) electrons. The van der Waals surface area contributed by atoms with Gasteiger partial charge in [0.05, 0.1) is 45.2 Å². The van der Waals surface area contributed by atoms with Crippen molar-refractivity contribution in [2.75, 3.05) is 4.90 Å². The topological polar surface area (TPSA) is 3.24 Å². The molecule has 0 amide bonds. The van der Waals surface area contributed by atoms with E-state index in [1.165, 1.54) is 0 Å². The Kier molecular flexibility index (Phi) is 2.67. The van der Waals surface area contributed by atoms with Gasteiger partial charge in [-0.15, -0.1) is 0 Å². The highest BCUT2D eigenvalue weighted by atomic mass is 15.1. The van der Waals surface area contributed by atoms with Gasteiger partial charge in [0.2, 0.25) is 0 Å². The molecule has 0 unspecified atom stereocenters. The highest BCUT2D eigenvalue weighted by Crippen LogP contribution is 2.41. The Hall–Kier alpha value is -6.18. The maximum absolute atomic E-state index is 9.70. The first-order chi connectivity index (χ1) is 37.1. The molecule has 0 aliphatic rings. The van der Waals surface area contributed by atoms with E-state index in [9.17, 15) is 17.8 Å². The maximum atomic E-state index is 9.70. The lowest BCUT2D eigenvalue weighted by molar-refractivity contribution is 1.28. The van der Waals surface area contributed by atoms with Gasteiger partial charge in [-0.1, -0.05) is 163 Å². The fraction of sp³-hybridized carbons (Fsp3) is 0. The molecule has 0 bridgehead atoms. The number of rotatable bonds is 7. The number of fused-ring (bicyclic) bond motifs is 1. The molecule has 8 aromatic carbocycles. The summed E-state index contributed by atoms with van der Waals surface area (Å²) in [5.74, 6) is 0. The minimum atomic E-state index is -1.40. The summed E-state index contributed by atoms with van der Waals surface area (Å²) in [6.07, 6.45) is 0. The van der Waals surface area contributed by atoms with Crippen molar-refractivity contribution in [1.82, 2.24) is 0 Å². The minimum absolute atomic E-state index is 0.229. The van der Waals surface area contributed by atoms with Crippen LogP contribution in [0.2, 0.25) is 0 Å². The van der Waals surface area contributed by atoms with Crippen LogP contribution in [0.3, 0.4) is 0 Å². The first-order valence-electron chi connectivity index (χ1n) is 29.9. The summed E-state index contributed by atoms with van der Waals surface area (Å²) >= 11 is 0. The molecule has 47 heavy (non-hydrogen) atoms. The van der Waals surface area contributed by atoms with Crippen molar-refractivity contribution < 1.29 is 45.2 Å². The molecule has 0 spiro atoms. The lowest BCUT2D eigenvalue weighted by Gasteiger charge is -2.26. The second-order valence-corrected chi connectivity index (χ2v) is 9.26. The standard InChI is InChI=1S/C46H33N/c1-4-12-34(13-5-1)36-20-27-41(28-21-36)47(42-29-22-37(23-30-42)35-14-6-2-7-15-35)43-31-24-40(25-32-43)46-44-19-11-10-18-39(44)26-33-45(46)38-16-8-3-9-17-38/h1-33H/i1D,2D,3D,4D,5D,6D,7D,8D,9D,10D,11D,12D,13D,14D,15D,16D,17D,18D,19D,20D,21D,22D,23D,24D,25D,26D,27D,28D,29D,30D,31D,32D,33D. The Morgan fingerprint density at radius 3 is 1.17 bits per heavy atom. The van der Waals surface area contributed by atoms with Gasteiger partial charge in [0, 0.05) is 17.1 Å². The molecule has 0 saturated heterocycles. The van der Waals surface area contributed by atoms with E-state index >= 15 is 0 Å². The molecule has 1 nitrogen and oxygen atoms in total. The first-order valence-corrected chi connectivity index (χ1v) is 13.4. The highest BCUT2D eigenvalue weighted by Gasteiger charge is 2.16. The lowest BCUT2D eigenvalue weighted by Crippen LogP contribution is -2.09. The molecule has 1 heteroatoms. The lowest BCUT2D eigenvalue weighted by atomic mass is 9.89. The van der Waals surface area contributed by atoms with E-state index in [1.807, 2.05) is 0 Å². The van der Waals surface area contributed by atoms with Crippen molar-refractivity contribution >= 4 is 27.8 Å². The van der Waals surface area contributed by atoms with E-state index in [1.54, 1.807) is 0 Å². The molecule has 0 fully saturated rings. The molecule has 0 saturated carbocycles. The zero-order chi connectivity index (χ0) is 60.1. The first kappa shape index (κ1) is 9.91. The molecular weight excluding hydrogens is 567 g/mol. The smallest absolute Gasteiger partial charge is 0.0645 e. The average molecular weight is 633 g/mol. The van der Waals surface area contributed by atoms with Gasteiger partial charge in [-0.3, -0.25) is 0 Å². The molecule has 0 aliphatic heterocycles. The Balaban J connectivity index is 1.62. The summed E-state index contributed by atoms with van der Waals surface area (Å²) in [6, 6.07) is -36.7. The molecular formula is C46H33N. The Bertz CT molecular complexity index is 3860. The van der Waals surface area contributed by atoms with Crippen LogP contribution in [0.15, 0.2) is 199 Å². The highest BCUT2D eigenvalue weighted by molar-refractivity contribution is 6.04. The predicted octanol–water partition coefficient (Wildman–Crippen LogP) is 13.0. The normalized spacial score (nSPS) is 20.8. The fourth-order valence-corrected chi connectivity index (χ4v) is 4.43. The zero-order valence-electron chi connectivity index (χ0n) is 56.4. The maximum Gasteiger partial charge on any atom is 0.0645 e. The summed E-state index contributed by atoms with van der Waals surface area (Å²) in [5, 5.41) is -1.60. The summed E-state index contributed by atoms with van der Waals surface area (Å²) in [6.45, 7) is 0. The van der Waals surface area contributed by atoms with Gasteiger partial charge in [-0.2, -0.15) is 0 Å². The number of hydrogen-bond acceptors (Lipinski definition) is 1. The average Bonchev–Trinajstić information content (AvgIpc) is 3.23. The summed E-state index contributed by atoms with van der Waals surface area (Å²) < 4.78 is 293. The van der Waals surface area contributed by atoms with Crippen molar-refractivity contribution in [1.29, 1.82) is 0 Å². The second kappa shape index (κ2) is 12.7. The van der Waals surface area contributed by atoms with Gasteiger partial charge in [0.15, 0.2) is 0 Å². The molecule has 8 rings (SSSR count). The third-order valence-electron chi connectivity index (χ3n) is 6.51. The van der Waals surface area contributed by atoms with E-state index < -0.39 is 272 Å². The Morgan fingerprint density at radius 2 is 0.681 bits per heavy atom. The third kappa shape index (κ3) is 5.72. The van der Waals surface area contributed by atoms with Gasteiger partial charge >= 0.3 is 0 Å². The van der Waals surface area contributed by atoms with Crippen molar-refractivity contribution in [3.8, 4) is 44.5 Å². The van der Waals surface area contributed by atoms with Crippen molar-refractivity contribution in [3.63, 3.8) is 0 Å². The van der Waals surface area contributed by atoms with Crippen LogP contribution in [0.4, 0.5) is 17.1 Å². The predicted molar refractivity (Wildman–Crippen MR) is 200 cm³/mol. The quantitative estimate of drug-likeness (QED) is 0.169. The van der Waals surface area contributed by atoms with Gasteiger partial charge in [-0.25, -0.2) is 0 Å². The number of anilines is 3. The number of nitrogens with zero attached hydrogens (tertiary/aromatic N) is 1. The van der Waals surface area contributed by atoms with Gasteiger partial charge in [0.25, 0.3) is 0 Å². The van der Waals surface area contributed by atoms with Crippen molar-refractivity contribution in [3.05, 3.63) is 199 Å². The molecule has 0 N–H and O–H groups in total. The molecule has 0 atom stereocenters. The second-order valence-electron chi connectivity index (χ2n) is 9.26. The van der Waals surface area contributed by atoms with Crippen LogP contribution in [0.1, 0.15) is 45.2 Å². The van der Waals surface area contributed by atoms with Gasteiger partial charge in [0.1, 0.15) is 0 Å². The van der Waals surface area contributed by atoms with Crippen LogP contribution in [0.5, 0.6) is 0 Å². The summed E-state index contributed by atoms with van der Waals surface area (Å²) in [4.78, 5) is 0.229. The minimum Gasteiger partial charge on any atom is -0.311 e. The van der Waals surface area contributed by atoms with Crippen LogP contribution in [0.25, 0.3) is 55.3 Å². The van der Waals surface area contributed by atoms with Crippen LogP contribution >= 0.6 is 0 Å². The van der Waals surface area contributed by atoms with Crippen molar-refractivity contribution in [2.24, 2.45) is 0 Å². The SMILES string of the molecule is [2H]c1c([2H])c([2H])c(-c2c([2H])c([2H])c(N(c3c([2H])c([2H])c(-c4c([2H])c([2H])c([2H])c([2H])c4[2H])c([2H])c3[2H])c3c([2H])c([2H])c(-c4c(-c5c([2H])c([2H])c([2H])c([2H])c5[2H])c([2H])c([2H])c5c([2H])c([2H])c([2H])c([2H])c45)c([2H])c3[2H])c([2H])c2[2H])c([2H])c1[2H]. The van der Waals surface area contributed by atoms with Crippen LogP contribution in [0, 0.1) is 0 Å². The molecule has 0 aliphatic carbocycles. The monoisotopic (exact) mass is 632 g/mol. The summed E-state index contributed by atoms with van der Waals surface area (Å²) in [5.41, 5.74) is -11.2. The molecule has 8 aromatic rings. The van der Waals surface area contributed by atoms with Crippen LogP contribution in [-0.4, -0.2) is 0 Å². The van der Waals surface area contributed by atoms with E-state index in [2.05, 4.69) is 0 Å². The number of benzene rings is 8. The van der Waals surface area contributed by atoms with Gasteiger partial charge in [-0.05, 0) is 91.5 Å². The zero-order valence-corrected chi connectivity index (χ0v) is 23.4. The van der Waals surface area contributed by atoms with Crippen LogP contribution < -0.4 is 4.90 Å². The van der Waals surface area contributed by atoms with Gasteiger partial charge < -0.3 is 4.90 Å². The third-order valence-corrected chi connectivity index (χ3v) is 6.51. The van der Waals surface area contributed by atoms with E-state index in [0.29, 0.717) is 0 Å². The van der Waals surface area contributed by atoms with E-state index in [4.69, 9.17) is 27.4 Å². The van der Waals surface area contributed by atoms with Crippen molar-refractivity contribution in [2.45, 2.75) is 0 Å². The Morgan fingerprint density at radius 1 is 0.298 bits per heavy atom. The molecule has 222 valence electrons.